The molecule has 1 saturated carbocycles. The van der Waals surface area contributed by atoms with E-state index >= 15 is 0 Å². The lowest BCUT2D eigenvalue weighted by atomic mass is 10.0. The van der Waals surface area contributed by atoms with Gasteiger partial charge in [0.25, 0.3) is 5.91 Å². The molecule has 2 fully saturated rings. The molecule has 2 aliphatic rings. The van der Waals surface area contributed by atoms with Gasteiger partial charge in [-0.2, -0.15) is 0 Å². The Kier molecular flexibility index (Phi) is 7.09. The van der Waals surface area contributed by atoms with Crippen LogP contribution in [0.2, 0.25) is 5.02 Å². The highest BCUT2D eigenvalue weighted by Gasteiger charge is 2.31. The van der Waals surface area contributed by atoms with Gasteiger partial charge in [-0.3, -0.25) is 14.4 Å². The molecule has 2 aromatic carbocycles. The molecule has 0 bridgehead atoms. The second kappa shape index (κ2) is 9.80. The van der Waals surface area contributed by atoms with E-state index in [1.807, 2.05) is 13.0 Å². The molecule has 0 spiro atoms. The quantitative estimate of drug-likeness (QED) is 0.534. The van der Waals surface area contributed by atoms with Gasteiger partial charge in [0.15, 0.2) is 0 Å². The van der Waals surface area contributed by atoms with Gasteiger partial charge in [0.05, 0.1) is 5.56 Å². The second-order valence-corrected chi connectivity index (χ2v) is 9.51. The zero-order valence-electron chi connectivity index (χ0n) is 17.9. The predicted octanol–water partition coefficient (Wildman–Crippen LogP) is 5.72. The fourth-order valence-electron chi connectivity index (χ4n) is 4.16. The molecule has 4 rings (SSSR count). The van der Waals surface area contributed by atoms with Crippen molar-refractivity contribution < 1.29 is 13.9 Å². The fraction of sp³-hybridized carbons (Fsp3) is 0.458. The molecule has 31 heavy (non-hydrogen) atoms. The zero-order valence-corrected chi connectivity index (χ0v) is 19.5. The summed E-state index contributed by atoms with van der Waals surface area (Å²) in [5.41, 5.74) is 3.30. The summed E-state index contributed by atoms with van der Waals surface area (Å²) in [5.74, 6) is -0.00858. The van der Waals surface area contributed by atoms with Crippen molar-refractivity contribution in [2.45, 2.75) is 51.2 Å². The van der Waals surface area contributed by atoms with E-state index in [0.29, 0.717) is 11.7 Å². The van der Waals surface area contributed by atoms with Crippen LogP contribution in [-0.2, 0) is 6.54 Å². The van der Waals surface area contributed by atoms with Crippen LogP contribution in [0.15, 0.2) is 30.3 Å². The van der Waals surface area contributed by atoms with Crippen LogP contribution in [0.5, 0.6) is 5.75 Å². The van der Waals surface area contributed by atoms with Crippen LogP contribution in [0.4, 0.5) is 4.39 Å². The van der Waals surface area contributed by atoms with Crippen molar-refractivity contribution in [3.8, 4) is 5.75 Å². The van der Waals surface area contributed by atoms with E-state index in [2.05, 4.69) is 21.8 Å². The normalized spacial score (nSPS) is 19.3. The third-order valence-corrected chi connectivity index (χ3v) is 6.66. The molecular formula is C24H28ClFN2O2S. The molecule has 166 valence electrons. The largest absolute Gasteiger partial charge is 0.489 e. The van der Waals surface area contributed by atoms with Crippen molar-refractivity contribution in [3.05, 3.63) is 63.4 Å². The first-order valence-corrected chi connectivity index (χ1v) is 12.4. The molecule has 1 unspecified atom stereocenters. The van der Waals surface area contributed by atoms with E-state index in [1.165, 1.54) is 18.0 Å². The summed E-state index contributed by atoms with van der Waals surface area (Å²) in [6.07, 6.45) is 5.78. The van der Waals surface area contributed by atoms with Gasteiger partial charge >= 0.3 is 0 Å². The first-order valence-electron chi connectivity index (χ1n) is 10.8. The van der Waals surface area contributed by atoms with Crippen molar-refractivity contribution >= 4 is 29.5 Å². The number of aryl methyl sites for hydroxylation is 1. The number of halogens is 2. The number of carbonyl (C=O) groups excluding carboxylic acids is 1. The number of benzene rings is 2. The molecule has 0 aromatic heterocycles. The SMILES string of the molecule is CSNC(=O)c1cc(C2CC2)c(OC2CCCN(Cc3ccc(C)cc3Cl)C2)cc1F. The third-order valence-electron chi connectivity index (χ3n) is 5.91. The topological polar surface area (TPSA) is 41.6 Å². The molecule has 1 heterocycles. The lowest BCUT2D eigenvalue weighted by Crippen LogP contribution is -2.40. The molecule has 1 N–H and O–H groups in total. The molecule has 1 saturated heterocycles. The highest BCUT2D eigenvalue weighted by Crippen LogP contribution is 2.45. The molecule has 4 nitrogen and oxygen atoms in total. The third kappa shape index (κ3) is 5.54. The number of hydrogen-bond acceptors (Lipinski definition) is 4. The number of nitrogens with zero attached hydrogens (tertiary/aromatic N) is 1. The Hall–Kier alpha value is -1.76. The Morgan fingerprint density at radius 1 is 1.29 bits per heavy atom. The highest BCUT2D eigenvalue weighted by molar-refractivity contribution is 7.97. The maximum atomic E-state index is 14.7. The fourth-order valence-corrected chi connectivity index (χ4v) is 4.75. The first-order chi connectivity index (χ1) is 14.9. The Morgan fingerprint density at radius 3 is 2.81 bits per heavy atom. The first kappa shape index (κ1) is 22.4. The van der Waals surface area contributed by atoms with Gasteiger partial charge in [-0.1, -0.05) is 35.7 Å². The van der Waals surface area contributed by atoms with Gasteiger partial charge in [0, 0.05) is 30.4 Å². The van der Waals surface area contributed by atoms with Crippen molar-refractivity contribution in [3.63, 3.8) is 0 Å². The summed E-state index contributed by atoms with van der Waals surface area (Å²) in [6, 6.07) is 9.24. The van der Waals surface area contributed by atoms with E-state index in [1.54, 1.807) is 12.3 Å². The van der Waals surface area contributed by atoms with E-state index < -0.39 is 11.7 Å². The number of likely N-dealkylation sites (tertiary alicyclic amines) is 1. The number of rotatable bonds is 7. The van der Waals surface area contributed by atoms with Crippen LogP contribution in [0, 0.1) is 12.7 Å². The van der Waals surface area contributed by atoms with Gasteiger partial charge in [-0.15, -0.1) is 0 Å². The maximum absolute atomic E-state index is 14.7. The van der Waals surface area contributed by atoms with Crippen molar-refractivity contribution in [1.29, 1.82) is 0 Å². The summed E-state index contributed by atoms with van der Waals surface area (Å²) >= 11 is 7.59. The van der Waals surface area contributed by atoms with Gasteiger partial charge in [0.2, 0.25) is 0 Å². The molecule has 7 heteroatoms. The molecule has 1 aliphatic carbocycles. The molecule has 1 aliphatic heterocycles. The lowest BCUT2D eigenvalue weighted by molar-refractivity contribution is 0.0832. The molecule has 2 aromatic rings. The smallest absolute Gasteiger partial charge is 0.264 e. The molecule has 1 amide bonds. The summed E-state index contributed by atoms with van der Waals surface area (Å²) in [5, 5.41) is 0.792. The summed E-state index contributed by atoms with van der Waals surface area (Å²) in [7, 11) is 0. The highest BCUT2D eigenvalue weighted by atomic mass is 35.5. The van der Waals surface area contributed by atoms with Crippen LogP contribution in [-0.4, -0.2) is 36.3 Å². The van der Waals surface area contributed by atoms with Crippen LogP contribution in [0.25, 0.3) is 0 Å². The Bertz CT molecular complexity index is 967. The van der Waals surface area contributed by atoms with E-state index in [0.717, 1.165) is 67.0 Å². The Balaban J connectivity index is 1.48. The van der Waals surface area contributed by atoms with E-state index in [4.69, 9.17) is 16.3 Å². The monoisotopic (exact) mass is 462 g/mol. The molecule has 1 atom stereocenters. The minimum absolute atomic E-state index is 0.0132. The zero-order chi connectivity index (χ0) is 22.0. The summed E-state index contributed by atoms with van der Waals surface area (Å²) in [4.78, 5) is 14.5. The summed E-state index contributed by atoms with van der Waals surface area (Å²) in [6.45, 7) is 4.57. The minimum Gasteiger partial charge on any atom is -0.489 e. The van der Waals surface area contributed by atoms with Crippen LogP contribution in [0.1, 0.15) is 58.6 Å². The average molecular weight is 463 g/mol. The average Bonchev–Trinajstić information content (AvgIpc) is 3.56. The van der Waals surface area contributed by atoms with Crippen LogP contribution >= 0.6 is 23.5 Å². The van der Waals surface area contributed by atoms with Gasteiger partial charge < -0.3 is 4.74 Å². The maximum Gasteiger partial charge on any atom is 0.264 e. The number of amides is 1. The Labute approximate surface area is 192 Å². The van der Waals surface area contributed by atoms with Gasteiger partial charge in [0.1, 0.15) is 17.7 Å². The Morgan fingerprint density at radius 2 is 2.10 bits per heavy atom. The second-order valence-electron chi connectivity index (χ2n) is 8.49. The number of nitrogens with one attached hydrogen (secondary N) is 1. The van der Waals surface area contributed by atoms with Gasteiger partial charge in [-0.05, 0) is 73.9 Å². The molecular weight excluding hydrogens is 435 g/mol. The van der Waals surface area contributed by atoms with Crippen LogP contribution < -0.4 is 9.46 Å². The van der Waals surface area contributed by atoms with E-state index in [-0.39, 0.29) is 11.7 Å². The number of ether oxygens (including phenoxy) is 1. The lowest BCUT2D eigenvalue weighted by Gasteiger charge is -2.33. The van der Waals surface area contributed by atoms with Crippen LogP contribution in [0.3, 0.4) is 0 Å². The number of piperidine rings is 1. The number of carbonyl (C=O) groups is 1. The minimum atomic E-state index is -0.537. The van der Waals surface area contributed by atoms with Gasteiger partial charge in [-0.25, -0.2) is 4.39 Å². The predicted molar refractivity (Wildman–Crippen MR) is 124 cm³/mol. The number of hydrogen-bond donors (Lipinski definition) is 1. The standard InChI is InChI=1S/C24H28ClFN2O2S/c1-15-5-6-17(21(25)10-15)13-28-9-3-4-18(14-28)30-23-12-22(26)20(24(29)27-31-2)11-19(23)16-7-8-16/h5-6,10-12,16,18H,3-4,7-9,13-14H2,1-2H3,(H,27,29). The summed E-state index contributed by atoms with van der Waals surface area (Å²) < 4.78 is 23.6. The molecule has 0 radical (unpaired) electrons. The van der Waals surface area contributed by atoms with Crippen molar-refractivity contribution in [2.75, 3.05) is 19.3 Å². The van der Waals surface area contributed by atoms with Crippen molar-refractivity contribution in [2.24, 2.45) is 0 Å². The van der Waals surface area contributed by atoms with Crippen molar-refractivity contribution in [1.82, 2.24) is 9.62 Å². The van der Waals surface area contributed by atoms with E-state index in [9.17, 15) is 9.18 Å².